The third kappa shape index (κ3) is 3.35. The summed E-state index contributed by atoms with van der Waals surface area (Å²) in [5.74, 6) is 0.857. The zero-order valence-electron chi connectivity index (χ0n) is 11.3. The number of benzene rings is 1. The molecule has 3 rings (SSSR count). The van der Waals surface area contributed by atoms with Gasteiger partial charge >= 0.3 is 0 Å². The lowest BCUT2D eigenvalue weighted by atomic mass is 10.2. The number of rotatable bonds is 3. The number of nitrogens with zero attached hydrogens (tertiary/aromatic N) is 3. The van der Waals surface area contributed by atoms with Crippen molar-refractivity contribution in [2.75, 3.05) is 31.1 Å². The zero-order chi connectivity index (χ0) is 13.8. The smallest absolute Gasteiger partial charge is 0.225 e. The Hall–Kier alpha value is -1.46. The highest BCUT2D eigenvalue weighted by molar-refractivity contribution is 9.10. The highest BCUT2D eigenvalue weighted by atomic mass is 79.9. The molecule has 1 aromatic heterocycles. The van der Waals surface area contributed by atoms with Crippen LogP contribution in [0.4, 0.5) is 5.95 Å². The van der Waals surface area contributed by atoms with Crippen LogP contribution < -0.4 is 9.80 Å². The number of quaternary nitrogens is 1. The van der Waals surface area contributed by atoms with Gasteiger partial charge in [-0.05, 0) is 18.2 Å². The number of anilines is 1. The van der Waals surface area contributed by atoms with Crippen molar-refractivity contribution in [3.8, 4) is 0 Å². The van der Waals surface area contributed by atoms with Gasteiger partial charge in [0, 0.05) is 22.4 Å². The first-order valence-electron chi connectivity index (χ1n) is 6.91. The van der Waals surface area contributed by atoms with E-state index in [1.54, 1.807) is 4.90 Å². The van der Waals surface area contributed by atoms with Crippen molar-refractivity contribution >= 4 is 21.9 Å². The molecule has 1 aliphatic heterocycles. The second-order valence-corrected chi connectivity index (χ2v) is 6.00. The molecule has 1 aromatic carbocycles. The lowest BCUT2D eigenvalue weighted by molar-refractivity contribution is -0.914. The van der Waals surface area contributed by atoms with Gasteiger partial charge in [0.2, 0.25) is 5.95 Å². The Morgan fingerprint density at radius 3 is 2.35 bits per heavy atom. The van der Waals surface area contributed by atoms with Gasteiger partial charge in [-0.3, -0.25) is 0 Å². The van der Waals surface area contributed by atoms with Crippen LogP contribution in [0.5, 0.6) is 0 Å². The number of nitrogens with one attached hydrogen (secondary N) is 1. The van der Waals surface area contributed by atoms with Gasteiger partial charge in [-0.15, -0.1) is 0 Å². The number of aromatic nitrogens is 2. The second kappa shape index (κ2) is 6.33. The van der Waals surface area contributed by atoms with E-state index in [2.05, 4.69) is 55.1 Å². The Morgan fingerprint density at radius 2 is 1.70 bits per heavy atom. The Balaban J connectivity index is 1.55. The highest BCUT2D eigenvalue weighted by Crippen LogP contribution is 2.10. The third-order valence-electron chi connectivity index (χ3n) is 3.67. The average molecular weight is 334 g/mol. The van der Waals surface area contributed by atoms with Gasteiger partial charge in [-0.25, -0.2) is 9.97 Å². The van der Waals surface area contributed by atoms with E-state index in [0.29, 0.717) is 0 Å². The van der Waals surface area contributed by atoms with Crippen molar-refractivity contribution in [1.82, 2.24) is 9.97 Å². The molecule has 0 atom stereocenters. The molecular formula is C15H18BrN4+. The van der Waals surface area contributed by atoms with E-state index in [-0.39, 0.29) is 0 Å². The monoisotopic (exact) mass is 333 g/mol. The van der Waals surface area contributed by atoms with Gasteiger partial charge in [-0.1, -0.05) is 28.1 Å². The number of halogens is 1. The molecule has 1 aliphatic rings. The fourth-order valence-electron chi connectivity index (χ4n) is 2.55. The molecule has 0 aliphatic carbocycles. The molecule has 104 valence electrons. The Bertz CT molecular complexity index is 536. The standard InChI is InChI=1S/C15H17BrN4/c16-14-4-2-13(3-5-14)12-19-8-10-20(11-9-19)15-17-6-1-7-18-15/h1-7H,8-12H2/p+1. The summed E-state index contributed by atoms with van der Waals surface area (Å²) in [6.07, 6.45) is 3.62. The molecule has 1 N–H and O–H groups in total. The minimum absolute atomic E-state index is 0.857. The predicted molar refractivity (Wildman–Crippen MR) is 82.8 cm³/mol. The Morgan fingerprint density at radius 1 is 1.05 bits per heavy atom. The third-order valence-corrected chi connectivity index (χ3v) is 4.20. The lowest BCUT2D eigenvalue weighted by Gasteiger charge is -2.32. The quantitative estimate of drug-likeness (QED) is 0.914. The van der Waals surface area contributed by atoms with E-state index < -0.39 is 0 Å². The van der Waals surface area contributed by atoms with Crippen LogP contribution in [0.3, 0.4) is 0 Å². The molecular weight excluding hydrogens is 316 g/mol. The summed E-state index contributed by atoms with van der Waals surface area (Å²) in [7, 11) is 0. The minimum atomic E-state index is 0.857. The van der Waals surface area contributed by atoms with Gasteiger partial charge in [-0.2, -0.15) is 0 Å². The van der Waals surface area contributed by atoms with Gasteiger partial charge < -0.3 is 9.80 Å². The van der Waals surface area contributed by atoms with Crippen molar-refractivity contribution in [2.45, 2.75) is 6.54 Å². The highest BCUT2D eigenvalue weighted by Gasteiger charge is 2.21. The van der Waals surface area contributed by atoms with Gasteiger partial charge in [0.25, 0.3) is 0 Å². The molecule has 2 aromatic rings. The number of hydrogen-bond acceptors (Lipinski definition) is 3. The fraction of sp³-hybridized carbons (Fsp3) is 0.333. The van der Waals surface area contributed by atoms with Crippen molar-refractivity contribution in [3.63, 3.8) is 0 Å². The van der Waals surface area contributed by atoms with Gasteiger partial charge in [0.1, 0.15) is 6.54 Å². The van der Waals surface area contributed by atoms with Crippen molar-refractivity contribution in [2.24, 2.45) is 0 Å². The van der Waals surface area contributed by atoms with E-state index in [9.17, 15) is 0 Å². The molecule has 0 bridgehead atoms. The summed E-state index contributed by atoms with van der Waals surface area (Å²) in [5.41, 5.74) is 1.40. The van der Waals surface area contributed by atoms with Crippen LogP contribution in [-0.2, 0) is 6.54 Å². The van der Waals surface area contributed by atoms with Crippen LogP contribution in [0.15, 0.2) is 47.2 Å². The molecule has 2 heterocycles. The molecule has 0 spiro atoms. The summed E-state index contributed by atoms with van der Waals surface area (Å²) in [6, 6.07) is 10.5. The topological polar surface area (TPSA) is 33.5 Å². The van der Waals surface area contributed by atoms with Crippen LogP contribution >= 0.6 is 15.9 Å². The maximum Gasteiger partial charge on any atom is 0.225 e. The molecule has 4 nitrogen and oxygen atoms in total. The summed E-state index contributed by atoms with van der Waals surface area (Å²) < 4.78 is 1.14. The van der Waals surface area contributed by atoms with Crippen molar-refractivity contribution in [3.05, 3.63) is 52.8 Å². The van der Waals surface area contributed by atoms with E-state index in [1.165, 1.54) is 5.56 Å². The Kier molecular flexibility index (Phi) is 4.28. The van der Waals surface area contributed by atoms with Crippen molar-refractivity contribution < 1.29 is 4.90 Å². The predicted octanol–water partition coefficient (Wildman–Crippen LogP) is 1.14. The molecule has 1 saturated heterocycles. The van der Waals surface area contributed by atoms with Crippen LogP contribution in [-0.4, -0.2) is 36.1 Å². The zero-order valence-corrected chi connectivity index (χ0v) is 12.9. The summed E-state index contributed by atoms with van der Waals surface area (Å²) >= 11 is 3.48. The van der Waals surface area contributed by atoms with E-state index >= 15 is 0 Å². The van der Waals surface area contributed by atoms with E-state index in [4.69, 9.17) is 0 Å². The normalized spacial score (nSPS) is 16.4. The number of piperazine rings is 1. The minimum Gasteiger partial charge on any atom is -0.330 e. The molecule has 0 radical (unpaired) electrons. The van der Waals surface area contributed by atoms with Crippen LogP contribution in [0.25, 0.3) is 0 Å². The SMILES string of the molecule is Brc1ccc(C[NH+]2CCN(c3ncccn3)CC2)cc1. The molecule has 0 saturated carbocycles. The average Bonchev–Trinajstić information content (AvgIpc) is 2.51. The largest absolute Gasteiger partial charge is 0.330 e. The fourth-order valence-corrected chi connectivity index (χ4v) is 2.81. The number of hydrogen-bond donors (Lipinski definition) is 1. The van der Waals surface area contributed by atoms with Gasteiger partial charge in [0.15, 0.2) is 0 Å². The van der Waals surface area contributed by atoms with Crippen molar-refractivity contribution in [1.29, 1.82) is 0 Å². The molecule has 5 heteroatoms. The van der Waals surface area contributed by atoms with Gasteiger partial charge in [0.05, 0.1) is 26.2 Å². The first-order chi connectivity index (χ1) is 9.81. The van der Waals surface area contributed by atoms with Crippen LogP contribution in [0.2, 0.25) is 0 Å². The first-order valence-corrected chi connectivity index (χ1v) is 7.70. The van der Waals surface area contributed by atoms with Crippen LogP contribution in [0.1, 0.15) is 5.56 Å². The van der Waals surface area contributed by atoms with E-state index in [1.807, 2.05) is 18.5 Å². The lowest BCUT2D eigenvalue weighted by Crippen LogP contribution is -3.13. The maximum absolute atomic E-state index is 4.32. The van der Waals surface area contributed by atoms with Crippen LogP contribution in [0, 0.1) is 0 Å². The summed E-state index contributed by atoms with van der Waals surface area (Å²) in [5, 5.41) is 0. The summed E-state index contributed by atoms with van der Waals surface area (Å²) in [6.45, 7) is 5.41. The molecule has 1 fully saturated rings. The van der Waals surface area contributed by atoms with E-state index in [0.717, 1.165) is 43.1 Å². The summed E-state index contributed by atoms with van der Waals surface area (Å²) in [4.78, 5) is 12.5. The molecule has 0 unspecified atom stereocenters. The maximum atomic E-state index is 4.32. The first kappa shape index (κ1) is 13.5. The molecule has 20 heavy (non-hydrogen) atoms. The Labute approximate surface area is 127 Å². The molecule has 0 amide bonds. The second-order valence-electron chi connectivity index (χ2n) is 5.09.